The second-order valence-corrected chi connectivity index (χ2v) is 4.97. The molecule has 0 aliphatic rings. The molecule has 116 valence electrons. The zero-order chi connectivity index (χ0) is 15.8. The predicted octanol–water partition coefficient (Wildman–Crippen LogP) is 3.10. The van der Waals surface area contributed by atoms with Gasteiger partial charge in [0, 0.05) is 37.6 Å². The number of benzene rings is 1. The van der Waals surface area contributed by atoms with E-state index in [0.717, 1.165) is 30.8 Å². The fraction of sp³-hybridized carbons (Fsp3) is 0.353. The molecule has 1 aromatic carbocycles. The number of esters is 1. The highest BCUT2D eigenvalue weighted by Crippen LogP contribution is 2.13. The van der Waals surface area contributed by atoms with Gasteiger partial charge in [-0.2, -0.15) is 0 Å². The van der Waals surface area contributed by atoms with Gasteiger partial charge in [0.2, 0.25) is 0 Å². The van der Waals surface area contributed by atoms with Crippen LogP contribution in [0.4, 0.5) is 0 Å². The van der Waals surface area contributed by atoms with Gasteiger partial charge in [0.25, 0.3) is 0 Å². The second kappa shape index (κ2) is 8.12. The van der Waals surface area contributed by atoms with Gasteiger partial charge in [-0.25, -0.2) is 4.98 Å². The molecular formula is C17H21N3O2. The molecule has 0 amide bonds. The van der Waals surface area contributed by atoms with Crippen LogP contribution in [0, 0.1) is 0 Å². The monoisotopic (exact) mass is 299 g/mol. The fourth-order valence-corrected chi connectivity index (χ4v) is 1.98. The molecule has 0 atom stereocenters. The molecule has 0 bridgehead atoms. The van der Waals surface area contributed by atoms with Gasteiger partial charge >= 0.3 is 5.97 Å². The predicted molar refractivity (Wildman–Crippen MR) is 86.3 cm³/mol. The normalized spacial score (nSPS) is 11.5. The lowest BCUT2D eigenvalue weighted by Crippen LogP contribution is -2.05. The van der Waals surface area contributed by atoms with Gasteiger partial charge in [-0.15, -0.1) is 0 Å². The van der Waals surface area contributed by atoms with E-state index in [4.69, 9.17) is 4.74 Å². The van der Waals surface area contributed by atoms with E-state index in [1.165, 1.54) is 0 Å². The Morgan fingerprint density at radius 3 is 2.73 bits per heavy atom. The summed E-state index contributed by atoms with van der Waals surface area (Å²) >= 11 is 0. The molecule has 0 aliphatic heterocycles. The number of carbonyl (C=O) groups excluding carboxylic acids is 1. The van der Waals surface area contributed by atoms with Crippen LogP contribution < -0.4 is 4.74 Å². The molecule has 2 rings (SSSR count). The van der Waals surface area contributed by atoms with E-state index in [9.17, 15) is 4.79 Å². The highest BCUT2D eigenvalue weighted by atomic mass is 16.5. The largest absolute Gasteiger partial charge is 0.427 e. The van der Waals surface area contributed by atoms with Crippen LogP contribution in [0.1, 0.15) is 32.3 Å². The maximum absolute atomic E-state index is 11.2. The van der Waals surface area contributed by atoms with E-state index in [2.05, 4.69) is 9.98 Å². The third kappa shape index (κ3) is 4.84. The topological polar surface area (TPSA) is 56.5 Å². The number of ether oxygens (including phenoxy) is 1. The van der Waals surface area contributed by atoms with Crippen molar-refractivity contribution in [3.8, 4) is 5.75 Å². The van der Waals surface area contributed by atoms with Crippen molar-refractivity contribution in [3.63, 3.8) is 0 Å². The summed E-state index contributed by atoms with van der Waals surface area (Å²) in [5.74, 6) is 0.348. The number of hydrogen-bond acceptors (Lipinski definition) is 4. The lowest BCUT2D eigenvalue weighted by Gasteiger charge is -2.05. The molecule has 5 nitrogen and oxygen atoms in total. The number of rotatable bonds is 7. The Kier molecular flexibility index (Phi) is 5.89. The van der Waals surface area contributed by atoms with Crippen molar-refractivity contribution in [2.24, 2.45) is 4.99 Å². The minimum atomic E-state index is -0.224. The van der Waals surface area contributed by atoms with Crippen molar-refractivity contribution < 1.29 is 9.53 Å². The zero-order valence-electron chi connectivity index (χ0n) is 13.0. The molecule has 0 aliphatic carbocycles. The van der Waals surface area contributed by atoms with Gasteiger partial charge in [0.1, 0.15) is 5.75 Å². The van der Waals surface area contributed by atoms with Crippen LogP contribution in [0.2, 0.25) is 0 Å². The summed E-state index contributed by atoms with van der Waals surface area (Å²) in [5.41, 5.74) is 2.03. The number of carbonyl (C=O) groups is 1. The molecular weight excluding hydrogens is 278 g/mol. The van der Waals surface area contributed by atoms with Gasteiger partial charge in [-0.3, -0.25) is 9.79 Å². The first-order valence-electron chi connectivity index (χ1n) is 7.47. The minimum Gasteiger partial charge on any atom is -0.427 e. The summed E-state index contributed by atoms with van der Waals surface area (Å²) in [6, 6.07) is 7.45. The second-order valence-electron chi connectivity index (χ2n) is 4.97. The number of aryl methyl sites for hydroxylation is 1. The molecule has 0 N–H and O–H groups in total. The van der Waals surface area contributed by atoms with E-state index in [1.54, 1.807) is 25.3 Å². The molecule has 0 spiro atoms. The lowest BCUT2D eigenvalue weighted by molar-refractivity contribution is -0.134. The minimum absolute atomic E-state index is 0.224. The maximum Gasteiger partial charge on any atom is 0.310 e. The SMILES string of the molecule is CCC(=O)Oc1ccc(C(C)=NCCCn2ccnc2)cc1. The van der Waals surface area contributed by atoms with Gasteiger partial charge in [0.15, 0.2) is 0 Å². The zero-order valence-corrected chi connectivity index (χ0v) is 13.0. The maximum atomic E-state index is 11.2. The van der Waals surface area contributed by atoms with E-state index < -0.39 is 0 Å². The highest BCUT2D eigenvalue weighted by Gasteiger charge is 2.02. The summed E-state index contributed by atoms with van der Waals surface area (Å²) in [5, 5.41) is 0. The van der Waals surface area contributed by atoms with E-state index in [1.807, 2.05) is 36.1 Å². The molecule has 0 fully saturated rings. The quantitative estimate of drug-likeness (QED) is 0.342. The molecule has 2 aromatic rings. The Balaban J connectivity index is 1.84. The van der Waals surface area contributed by atoms with E-state index in [0.29, 0.717) is 12.2 Å². The van der Waals surface area contributed by atoms with Crippen molar-refractivity contribution in [2.45, 2.75) is 33.2 Å². The van der Waals surface area contributed by atoms with Gasteiger partial charge in [0.05, 0.1) is 6.33 Å². The number of imidazole rings is 1. The average molecular weight is 299 g/mol. The van der Waals surface area contributed by atoms with Gasteiger partial charge in [-0.05, 0) is 43.2 Å². The van der Waals surface area contributed by atoms with E-state index in [-0.39, 0.29) is 5.97 Å². The number of aromatic nitrogens is 2. The summed E-state index contributed by atoms with van der Waals surface area (Å²) in [7, 11) is 0. The molecule has 1 heterocycles. The van der Waals surface area contributed by atoms with Crippen LogP contribution >= 0.6 is 0 Å². The lowest BCUT2D eigenvalue weighted by atomic mass is 10.1. The molecule has 0 saturated heterocycles. The molecule has 22 heavy (non-hydrogen) atoms. The third-order valence-corrected chi connectivity index (χ3v) is 3.28. The summed E-state index contributed by atoms with van der Waals surface area (Å²) in [6.45, 7) is 5.46. The van der Waals surface area contributed by atoms with Crippen LogP contribution in [0.3, 0.4) is 0 Å². The Bertz CT molecular complexity index is 616. The number of nitrogens with zero attached hydrogens (tertiary/aromatic N) is 3. The van der Waals surface area contributed by atoms with Crippen molar-refractivity contribution in [3.05, 3.63) is 48.5 Å². The first kappa shape index (κ1) is 15.9. The summed E-state index contributed by atoms with van der Waals surface area (Å²) in [6.07, 6.45) is 6.89. The third-order valence-electron chi connectivity index (χ3n) is 3.28. The Hall–Kier alpha value is -2.43. The molecule has 0 unspecified atom stereocenters. The first-order chi connectivity index (χ1) is 10.7. The summed E-state index contributed by atoms with van der Waals surface area (Å²) < 4.78 is 7.19. The molecule has 5 heteroatoms. The van der Waals surface area contributed by atoms with Gasteiger partial charge in [-0.1, -0.05) is 6.92 Å². The first-order valence-corrected chi connectivity index (χ1v) is 7.47. The molecule has 0 radical (unpaired) electrons. The molecule has 1 aromatic heterocycles. The van der Waals surface area contributed by atoms with Crippen molar-refractivity contribution in [2.75, 3.05) is 6.54 Å². The van der Waals surface area contributed by atoms with Crippen LogP contribution in [0.25, 0.3) is 0 Å². The summed E-state index contributed by atoms with van der Waals surface area (Å²) in [4.78, 5) is 19.8. The van der Waals surface area contributed by atoms with Crippen LogP contribution in [-0.2, 0) is 11.3 Å². The molecule has 0 saturated carbocycles. The Labute approximate surface area is 130 Å². The van der Waals surface area contributed by atoms with Crippen molar-refractivity contribution in [1.82, 2.24) is 9.55 Å². The van der Waals surface area contributed by atoms with Crippen LogP contribution in [0.5, 0.6) is 5.75 Å². The number of hydrogen-bond donors (Lipinski definition) is 0. The fourth-order valence-electron chi connectivity index (χ4n) is 1.98. The Morgan fingerprint density at radius 1 is 1.32 bits per heavy atom. The van der Waals surface area contributed by atoms with Gasteiger partial charge < -0.3 is 9.30 Å². The van der Waals surface area contributed by atoms with Crippen molar-refractivity contribution in [1.29, 1.82) is 0 Å². The van der Waals surface area contributed by atoms with Crippen LogP contribution in [0.15, 0.2) is 48.0 Å². The Morgan fingerprint density at radius 2 is 2.09 bits per heavy atom. The highest BCUT2D eigenvalue weighted by molar-refractivity contribution is 5.98. The average Bonchev–Trinajstić information content (AvgIpc) is 3.05. The smallest absolute Gasteiger partial charge is 0.310 e. The van der Waals surface area contributed by atoms with E-state index >= 15 is 0 Å². The van der Waals surface area contributed by atoms with Crippen LogP contribution in [-0.4, -0.2) is 27.8 Å². The van der Waals surface area contributed by atoms with Crippen molar-refractivity contribution >= 4 is 11.7 Å². The number of aliphatic imine (C=N–C) groups is 1. The standard InChI is InChI=1S/C17H21N3O2/c1-3-17(21)22-16-7-5-15(6-8-16)14(2)19-9-4-11-20-12-10-18-13-20/h5-8,10,12-13H,3-4,9,11H2,1-2H3.